The first-order chi connectivity index (χ1) is 12.4. The summed E-state index contributed by atoms with van der Waals surface area (Å²) in [7, 11) is 1.77. The molecule has 144 valence electrons. The van der Waals surface area contributed by atoms with Gasteiger partial charge in [0, 0.05) is 36.5 Å². The molecule has 9 heteroatoms. The minimum atomic E-state index is -0.246. The number of carbonyl (C=O) groups excluding carboxylic acids is 3. The van der Waals surface area contributed by atoms with E-state index in [1.807, 2.05) is 0 Å². The van der Waals surface area contributed by atoms with Gasteiger partial charge in [-0.15, -0.1) is 0 Å². The normalized spacial score (nSPS) is 23.5. The molecule has 26 heavy (non-hydrogen) atoms. The van der Waals surface area contributed by atoms with Crippen molar-refractivity contribution in [3.63, 3.8) is 0 Å². The first-order valence-electron chi connectivity index (χ1n) is 8.84. The average molecular weight is 364 g/mol. The first kappa shape index (κ1) is 19.9. The number of hydrogen-bond acceptors (Lipinski definition) is 7. The molecular formula is C17H28N6O3. The molecule has 0 bridgehead atoms. The quantitative estimate of drug-likeness (QED) is 0.188. The number of rotatable bonds is 8. The third kappa shape index (κ3) is 5.57. The highest BCUT2D eigenvalue weighted by molar-refractivity contribution is 6.12. The van der Waals surface area contributed by atoms with Crippen LogP contribution in [-0.4, -0.2) is 54.4 Å². The molecule has 1 heterocycles. The summed E-state index contributed by atoms with van der Waals surface area (Å²) in [6.45, 7) is 1.14. The van der Waals surface area contributed by atoms with Crippen molar-refractivity contribution in [1.29, 1.82) is 0 Å². The Balaban J connectivity index is 1.71. The van der Waals surface area contributed by atoms with Crippen molar-refractivity contribution < 1.29 is 14.4 Å². The van der Waals surface area contributed by atoms with Gasteiger partial charge in [-0.1, -0.05) is 0 Å². The molecular weight excluding hydrogens is 336 g/mol. The smallest absolute Gasteiger partial charge is 0.253 e. The third-order valence-electron chi connectivity index (χ3n) is 4.70. The summed E-state index contributed by atoms with van der Waals surface area (Å²) in [6, 6.07) is 0. The van der Waals surface area contributed by atoms with Crippen LogP contribution in [0.4, 0.5) is 0 Å². The largest absolute Gasteiger partial charge is 0.399 e. The van der Waals surface area contributed by atoms with E-state index in [2.05, 4.69) is 10.6 Å². The van der Waals surface area contributed by atoms with Gasteiger partial charge >= 0.3 is 0 Å². The lowest BCUT2D eigenvalue weighted by atomic mass is 9.81. The molecule has 0 unspecified atom stereocenters. The molecule has 3 amide bonds. The van der Waals surface area contributed by atoms with E-state index in [4.69, 9.17) is 11.6 Å². The SMILES string of the molecule is CNCN(N)/C=C(\N)CNC(=O)C1CCC(CN2C(=O)C=CC2=O)CC1. The fourth-order valence-electron chi connectivity index (χ4n) is 3.30. The molecule has 1 saturated carbocycles. The average Bonchev–Trinajstić information content (AvgIpc) is 2.92. The van der Waals surface area contributed by atoms with E-state index in [0.717, 1.165) is 25.7 Å². The van der Waals surface area contributed by atoms with Gasteiger partial charge in [-0.2, -0.15) is 0 Å². The molecule has 2 aliphatic rings. The van der Waals surface area contributed by atoms with Crippen LogP contribution in [0.25, 0.3) is 0 Å². The van der Waals surface area contributed by atoms with E-state index >= 15 is 0 Å². The maximum atomic E-state index is 12.3. The zero-order valence-electron chi connectivity index (χ0n) is 15.1. The Morgan fingerprint density at radius 2 is 1.88 bits per heavy atom. The molecule has 0 saturated heterocycles. The summed E-state index contributed by atoms with van der Waals surface area (Å²) in [5.74, 6) is 5.36. The van der Waals surface area contributed by atoms with Crippen molar-refractivity contribution in [2.45, 2.75) is 25.7 Å². The summed E-state index contributed by atoms with van der Waals surface area (Å²) >= 11 is 0. The second-order valence-corrected chi connectivity index (χ2v) is 6.79. The number of nitrogens with zero attached hydrogens (tertiary/aromatic N) is 2. The Kier molecular flexibility index (Phi) is 7.16. The van der Waals surface area contributed by atoms with Crippen molar-refractivity contribution in [2.75, 3.05) is 26.8 Å². The Morgan fingerprint density at radius 1 is 1.27 bits per heavy atom. The molecule has 1 aliphatic heterocycles. The van der Waals surface area contributed by atoms with Crippen LogP contribution in [0.15, 0.2) is 24.0 Å². The molecule has 1 aliphatic carbocycles. The summed E-state index contributed by atoms with van der Waals surface area (Å²) < 4.78 is 0. The summed E-state index contributed by atoms with van der Waals surface area (Å²) in [5, 5.41) is 7.13. The Hall–Kier alpha value is -2.39. The number of hydrogen-bond donors (Lipinski definition) is 4. The van der Waals surface area contributed by atoms with Crippen LogP contribution in [-0.2, 0) is 14.4 Å². The predicted molar refractivity (Wildman–Crippen MR) is 96.5 cm³/mol. The van der Waals surface area contributed by atoms with Gasteiger partial charge in [0.1, 0.15) is 0 Å². The molecule has 9 nitrogen and oxygen atoms in total. The topological polar surface area (TPSA) is 134 Å². The van der Waals surface area contributed by atoms with Crippen molar-refractivity contribution in [2.24, 2.45) is 23.4 Å². The third-order valence-corrected chi connectivity index (χ3v) is 4.70. The molecule has 0 spiro atoms. The monoisotopic (exact) mass is 364 g/mol. The van der Waals surface area contributed by atoms with Crippen LogP contribution < -0.4 is 22.2 Å². The molecule has 0 radical (unpaired) electrons. The van der Waals surface area contributed by atoms with Crippen LogP contribution in [0.2, 0.25) is 0 Å². The van der Waals surface area contributed by atoms with Crippen LogP contribution in [0, 0.1) is 11.8 Å². The fraction of sp³-hybridized carbons (Fsp3) is 0.588. The molecule has 2 rings (SSSR count). The van der Waals surface area contributed by atoms with Gasteiger partial charge in [-0.05, 0) is 38.6 Å². The molecule has 0 aromatic rings. The number of nitrogens with two attached hydrogens (primary N) is 2. The zero-order valence-corrected chi connectivity index (χ0v) is 15.1. The molecule has 0 atom stereocenters. The summed E-state index contributed by atoms with van der Waals surface area (Å²) in [6.07, 6.45) is 7.31. The highest BCUT2D eigenvalue weighted by atomic mass is 16.2. The van der Waals surface area contributed by atoms with Crippen LogP contribution in [0.5, 0.6) is 0 Å². The summed E-state index contributed by atoms with van der Waals surface area (Å²) in [4.78, 5) is 36.8. The van der Waals surface area contributed by atoms with Crippen molar-refractivity contribution in [3.8, 4) is 0 Å². The van der Waals surface area contributed by atoms with E-state index in [1.54, 1.807) is 13.2 Å². The highest BCUT2D eigenvalue weighted by Crippen LogP contribution is 2.30. The minimum Gasteiger partial charge on any atom is -0.399 e. The fourth-order valence-corrected chi connectivity index (χ4v) is 3.30. The maximum absolute atomic E-state index is 12.3. The van der Waals surface area contributed by atoms with Crippen molar-refractivity contribution >= 4 is 17.7 Å². The number of hydrazine groups is 1. The van der Waals surface area contributed by atoms with E-state index in [1.165, 1.54) is 22.1 Å². The standard InChI is InChI=1S/C17H28N6O3/c1-20-11-22(19)10-14(18)8-21-17(26)13-4-2-12(3-5-13)9-23-15(24)6-7-16(23)25/h6-7,10,12-13,20H,2-5,8-9,11,18-19H2,1H3,(H,21,26)/b14-10-. The lowest BCUT2D eigenvalue weighted by Crippen LogP contribution is -2.39. The second-order valence-electron chi connectivity index (χ2n) is 6.79. The van der Waals surface area contributed by atoms with Gasteiger partial charge < -0.3 is 21.4 Å². The van der Waals surface area contributed by atoms with Crippen LogP contribution in [0.3, 0.4) is 0 Å². The number of imide groups is 1. The van der Waals surface area contributed by atoms with Crippen LogP contribution in [0.1, 0.15) is 25.7 Å². The molecule has 0 aromatic carbocycles. The lowest BCUT2D eigenvalue weighted by Gasteiger charge is -2.30. The van der Waals surface area contributed by atoms with Crippen molar-refractivity contribution in [1.82, 2.24) is 20.5 Å². The van der Waals surface area contributed by atoms with Gasteiger partial charge in [0.05, 0.1) is 13.2 Å². The van der Waals surface area contributed by atoms with Gasteiger partial charge in [0.2, 0.25) is 5.91 Å². The minimum absolute atomic E-state index is 0.0213. The molecule has 1 fully saturated rings. The number of nitrogens with one attached hydrogen (secondary N) is 2. The van der Waals surface area contributed by atoms with Gasteiger partial charge in [0.25, 0.3) is 11.8 Å². The van der Waals surface area contributed by atoms with E-state index in [9.17, 15) is 14.4 Å². The zero-order chi connectivity index (χ0) is 19.1. The highest BCUT2D eigenvalue weighted by Gasteiger charge is 2.31. The Labute approximate surface area is 153 Å². The van der Waals surface area contributed by atoms with E-state index in [0.29, 0.717) is 18.9 Å². The van der Waals surface area contributed by atoms with Gasteiger partial charge in [-0.3, -0.25) is 19.3 Å². The predicted octanol–water partition coefficient (Wildman–Crippen LogP) is -1.01. The van der Waals surface area contributed by atoms with E-state index in [-0.39, 0.29) is 36.1 Å². The van der Waals surface area contributed by atoms with Crippen LogP contribution >= 0.6 is 0 Å². The first-order valence-corrected chi connectivity index (χ1v) is 8.84. The van der Waals surface area contributed by atoms with E-state index < -0.39 is 0 Å². The number of amides is 3. The van der Waals surface area contributed by atoms with Crippen molar-refractivity contribution in [3.05, 3.63) is 24.0 Å². The molecule has 6 N–H and O–H groups in total. The molecule has 0 aromatic heterocycles. The van der Waals surface area contributed by atoms with Gasteiger partial charge in [-0.25, -0.2) is 5.84 Å². The maximum Gasteiger partial charge on any atom is 0.253 e. The second kappa shape index (κ2) is 9.35. The number of carbonyl (C=O) groups is 3. The lowest BCUT2D eigenvalue weighted by molar-refractivity contribution is -0.138. The Bertz CT molecular complexity index is 577. The summed E-state index contributed by atoms with van der Waals surface area (Å²) in [5.41, 5.74) is 6.32. The Morgan fingerprint density at radius 3 is 2.46 bits per heavy atom. The van der Waals surface area contributed by atoms with Gasteiger partial charge in [0.15, 0.2) is 0 Å².